The van der Waals surface area contributed by atoms with Crippen LogP contribution in [0.3, 0.4) is 0 Å². The van der Waals surface area contributed by atoms with E-state index in [2.05, 4.69) is 4.98 Å². The fourth-order valence-corrected chi connectivity index (χ4v) is 2.62. The van der Waals surface area contributed by atoms with Crippen LogP contribution >= 0.6 is 0 Å². The van der Waals surface area contributed by atoms with Crippen molar-refractivity contribution in [1.29, 1.82) is 5.26 Å². The quantitative estimate of drug-likeness (QED) is 0.750. The number of nitriles is 1. The molecule has 3 nitrogen and oxygen atoms in total. The van der Waals surface area contributed by atoms with Crippen LogP contribution < -0.4 is 5.73 Å². The SMILES string of the molecule is Cc1ccc(-c2cc(-c3ccccc3F)c(C#N)c(N)n2)cc1C. The minimum absolute atomic E-state index is 0.103. The Kier molecular flexibility index (Phi) is 4.01. The van der Waals surface area contributed by atoms with E-state index in [-0.39, 0.29) is 11.4 Å². The van der Waals surface area contributed by atoms with E-state index in [0.717, 1.165) is 11.1 Å². The summed E-state index contributed by atoms with van der Waals surface area (Å²) in [6.07, 6.45) is 0. The minimum atomic E-state index is -0.398. The molecule has 0 saturated carbocycles. The van der Waals surface area contributed by atoms with Gasteiger partial charge in [0.15, 0.2) is 0 Å². The van der Waals surface area contributed by atoms with Crippen molar-refractivity contribution in [3.8, 4) is 28.5 Å². The second-order valence-corrected chi connectivity index (χ2v) is 5.71. The second kappa shape index (κ2) is 6.13. The van der Waals surface area contributed by atoms with Gasteiger partial charge in [0.1, 0.15) is 23.3 Å². The topological polar surface area (TPSA) is 62.7 Å². The molecular weight excluding hydrogens is 301 g/mol. The van der Waals surface area contributed by atoms with Gasteiger partial charge in [0.25, 0.3) is 0 Å². The highest BCUT2D eigenvalue weighted by Crippen LogP contribution is 2.32. The van der Waals surface area contributed by atoms with Crippen LogP contribution in [0.2, 0.25) is 0 Å². The summed E-state index contributed by atoms with van der Waals surface area (Å²) < 4.78 is 14.2. The summed E-state index contributed by atoms with van der Waals surface area (Å²) in [5.41, 5.74) is 10.8. The number of rotatable bonds is 2. The Hall–Kier alpha value is -3.19. The number of halogens is 1. The number of aryl methyl sites for hydroxylation is 2. The van der Waals surface area contributed by atoms with Gasteiger partial charge in [0.2, 0.25) is 0 Å². The zero-order chi connectivity index (χ0) is 17.3. The van der Waals surface area contributed by atoms with Gasteiger partial charge in [-0.2, -0.15) is 5.26 Å². The Balaban J connectivity index is 2.26. The van der Waals surface area contributed by atoms with E-state index in [1.54, 1.807) is 24.3 Å². The standard InChI is InChI=1S/C20H16FN3/c1-12-7-8-14(9-13(12)2)19-10-16(17(11-22)20(23)24-19)15-5-3-4-6-18(15)21/h3-10H,1-2H3,(H2,23,24). The highest BCUT2D eigenvalue weighted by molar-refractivity contribution is 5.80. The first-order chi connectivity index (χ1) is 11.5. The van der Waals surface area contributed by atoms with Crippen LogP contribution in [-0.2, 0) is 0 Å². The molecule has 0 spiro atoms. The van der Waals surface area contributed by atoms with E-state index in [9.17, 15) is 9.65 Å². The molecule has 0 fully saturated rings. The monoisotopic (exact) mass is 317 g/mol. The predicted octanol–water partition coefficient (Wildman–Crippen LogP) is 4.63. The van der Waals surface area contributed by atoms with E-state index in [0.29, 0.717) is 16.8 Å². The number of aromatic nitrogens is 1. The van der Waals surface area contributed by atoms with E-state index in [1.807, 2.05) is 38.1 Å². The third-order valence-electron chi connectivity index (χ3n) is 4.13. The van der Waals surface area contributed by atoms with Crippen LogP contribution in [0.5, 0.6) is 0 Å². The van der Waals surface area contributed by atoms with Crippen LogP contribution in [0, 0.1) is 31.0 Å². The molecule has 0 unspecified atom stereocenters. The van der Waals surface area contributed by atoms with Gasteiger partial charge >= 0.3 is 0 Å². The molecule has 3 rings (SSSR count). The molecule has 1 aromatic heterocycles. The lowest BCUT2D eigenvalue weighted by Crippen LogP contribution is -2.00. The van der Waals surface area contributed by atoms with E-state index in [4.69, 9.17) is 5.73 Å². The fourth-order valence-electron chi connectivity index (χ4n) is 2.62. The third kappa shape index (κ3) is 2.72. The lowest BCUT2D eigenvalue weighted by molar-refractivity contribution is 0.631. The highest BCUT2D eigenvalue weighted by atomic mass is 19.1. The zero-order valence-electron chi connectivity index (χ0n) is 13.5. The van der Waals surface area contributed by atoms with Gasteiger partial charge in [-0.05, 0) is 43.2 Å². The molecule has 118 valence electrons. The summed E-state index contributed by atoms with van der Waals surface area (Å²) in [4.78, 5) is 4.33. The molecule has 0 aliphatic heterocycles. The molecular formula is C20H16FN3. The van der Waals surface area contributed by atoms with Crippen LogP contribution in [0.25, 0.3) is 22.4 Å². The number of nitrogen functional groups attached to an aromatic ring is 1. The third-order valence-corrected chi connectivity index (χ3v) is 4.13. The number of nitrogens with two attached hydrogens (primary N) is 1. The maximum absolute atomic E-state index is 14.2. The number of pyridine rings is 1. The number of benzene rings is 2. The molecule has 0 atom stereocenters. The van der Waals surface area contributed by atoms with Gasteiger partial charge in [-0.1, -0.05) is 30.3 Å². The number of anilines is 1. The molecule has 1 heterocycles. The molecule has 4 heteroatoms. The summed E-state index contributed by atoms with van der Waals surface area (Å²) in [5.74, 6) is -0.294. The molecule has 3 aromatic rings. The number of hydrogen-bond acceptors (Lipinski definition) is 3. The van der Waals surface area contributed by atoms with Crippen molar-refractivity contribution in [2.24, 2.45) is 0 Å². The Labute approximate surface area is 140 Å². The normalized spacial score (nSPS) is 10.4. The molecule has 0 amide bonds. The van der Waals surface area contributed by atoms with E-state index < -0.39 is 5.82 Å². The first kappa shape index (κ1) is 15.7. The number of nitrogens with zero attached hydrogens (tertiary/aromatic N) is 2. The van der Waals surface area contributed by atoms with Crippen molar-refractivity contribution in [1.82, 2.24) is 4.98 Å². The first-order valence-electron chi connectivity index (χ1n) is 7.54. The van der Waals surface area contributed by atoms with Gasteiger partial charge in [0, 0.05) is 16.7 Å². The predicted molar refractivity (Wildman–Crippen MR) is 93.7 cm³/mol. The smallest absolute Gasteiger partial charge is 0.142 e. The van der Waals surface area contributed by atoms with E-state index >= 15 is 0 Å². The molecule has 2 aromatic carbocycles. The summed E-state index contributed by atoms with van der Waals surface area (Å²) in [6.45, 7) is 4.05. The van der Waals surface area contributed by atoms with Gasteiger partial charge in [-0.3, -0.25) is 0 Å². The van der Waals surface area contributed by atoms with E-state index in [1.165, 1.54) is 11.6 Å². The minimum Gasteiger partial charge on any atom is -0.383 e. The van der Waals surface area contributed by atoms with Gasteiger partial charge in [-0.25, -0.2) is 9.37 Å². The highest BCUT2D eigenvalue weighted by Gasteiger charge is 2.16. The molecule has 0 bridgehead atoms. The Morgan fingerprint density at radius 1 is 1.00 bits per heavy atom. The molecule has 0 aliphatic carbocycles. The summed E-state index contributed by atoms with van der Waals surface area (Å²) in [6, 6.07) is 16.0. The Bertz CT molecular complexity index is 971. The molecule has 0 aliphatic rings. The summed E-state index contributed by atoms with van der Waals surface area (Å²) in [5, 5.41) is 9.40. The summed E-state index contributed by atoms with van der Waals surface area (Å²) in [7, 11) is 0. The molecule has 2 N–H and O–H groups in total. The largest absolute Gasteiger partial charge is 0.383 e. The average molecular weight is 317 g/mol. The lowest BCUT2D eigenvalue weighted by atomic mass is 9.97. The Morgan fingerprint density at radius 3 is 2.42 bits per heavy atom. The van der Waals surface area contributed by atoms with Crippen LogP contribution in [-0.4, -0.2) is 4.98 Å². The average Bonchev–Trinajstić information content (AvgIpc) is 2.57. The summed E-state index contributed by atoms with van der Waals surface area (Å²) >= 11 is 0. The molecule has 0 saturated heterocycles. The van der Waals surface area contributed by atoms with Crippen molar-refractivity contribution in [2.45, 2.75) is 13.8 Å². The molecule has 0 radical (unpaired) electrons. The fraction of sp³-hybridized carbons (Fsp3) is 0.100. The maximum Gasteiger partial charge on any atom is 0.142 e. The van der Waals surface area contributed by atoms with Crippen LogP contribution in [0.4, 0.5) is 10.2 Å². The van der Waals surface area contributed by atoms with Crippen LogP contribution in [0.15, 0.2) is 48.5 Å². The van der Waals surface area contributed by atoms with Crippen molar-refractivity contribution in [3.63, 3.8) is 0 Å². The van der Waals surface area contributed by atoms with Crippen molar-refractivity contribution in [2.75, 3.05) is 5.73 Å². The lowest BCUT2D eigenvalue weighted by Gasteiger charge is -2.12. The van der Waals surface area contributed by atoms with Crippen molar-refractivity contribution in [3.05, 3.63) is 71.0 Å². The Morgan fingerprint density at radius 2 is 1.75 bits per heavy atom. The van der Waals surface area contributed by atoms with Crippen molar-refractivity contribution >= 4 is 5.82 Å². The molecule has 24 heavy (non-hydrogen) atoms. The van der Waals surface area contributed by atoms with Gasteiger partial charge in [-0.15, -0.1) is 0 Å². The zero-order valence-corrected chi connectivity index (χ0v) is 13.5. The van der Waals surface area contributed by atoms with Gasteiger partial charge < -0.3 is 5.73 Å². The second-order valence-electron chi connectivity index (χ2n) is 5.71. The van der Waals surface area contributed by atoms with Crippen LogP contribution in [0.1, 0.15) is 16.7 Å². The first-order valence-corrected chi connectivity index (χ1v) is 7.54. The van der Waals surface area contributed by atoms with Crippen molar-refractivity contribution < 1.29 is 4.39 Å². The maximum atomic E-state index is 14.2. The number of hydrogen-bond donors (Lipinski definition) is 1. The van der Waals surface area contributed by atoms with Gasteiger partial charge in [0.05, 0.1) is 5.69 Å².